The zero-order valence-corrected chi connectivity index (χ0v) is 13.0. The highest BCUT2D eigenvalue weighted by atomic mass is 35.5. The molecule has 7 heteroatoms. The van der Waals surface area contributed by atoms with Gasteiger partial charge in [0, 0.05) is 19.1 Å². The molecule has 0 saturated carbocycles. The predicted octanol–water partition coefficient (Wildman–Crippen LogP) is 1.78. The van der Waals surface area contributed by atoms with E-state index in [0.717, 1.165) is 5.69 Å². The summed E-state index contributed by atoms with van der Waals surface area (Å²) < 4.78 is 22.8. The molecule has 1 aliphatic heterocycles. The van der Waals surface area contributed by atoms with Gasteiger partial charge >= 0.3 is 0 Å². The predicted molar refractivity (Wildman–Crippen MR) is 81.2 cm³/mol. The van der Waals surface area contributed by atoms with Crippen molar-refractivity contribution in [3.05, 3.63) is 23.2 Å². The van der Waals surface area contributed by atoms with Crippen LogP contribution in [0.4, 0.5) is 11.4 Å². The van der Waals surface area contributed by atoms with Crippen molar-refractivity contribution < 1.29 is 13.2 Å². The SMILES string of the molecule is CN(C)c1ccc(Cl)cc1NC(=O)C1CCS(=O)(=O)C1. The molecule has 1 aromatic rings. The molecule has 5 nitrogen and oxygen atoms in total. The summed E-state index contributed by atoms with van der Waals surface area (Å²) in [4.78, 5) is 14.0. The summed E-state index contributed by atoms with van der Waals surface area (Å²) in [5.74, 6) is -0.733. The van der Waals surface area contributed by atoms with Gasteiger partial charge < -0.3 is 10.2 Å². The first-order valence-corrected chi connectivity index (χ1v) is 8.46. The largest absolute Gasteiger partial charge is 0.376 e. The van der Waals surface area contributed by atoms with Crippen molar-refractivity contribution >= 4 is 38.7 Å². The highest BCUT2D eigenvalue weighted by molar-refractivity contribution is 7.91. The Morgan fingerprint density at radius 2 is 2.10 bits per heavy atom. The first-order chi connectivity index (χ1) is 9.28. The smallest absolute Gasteiger partial charge is 0.228 e. The van der Waals surface area contributed by atoms with Crippen LogP contribution in [0.5, 0.6) is 0 Å². The van der Waals surface area contributed by atoms with E-state index in [4.69, 9.17) is 11.6 Å². The topological polar surface area (TPSA) is 66.5 Å². The van der Waals surface area contributed by atoms with Gasteiger partial charge in [0.05, 0.1) is 28.8 Å². The lowest BCUT2D eigenvalue weighted by molar-refractivity contribution is -0.119. The molecule has 1 unspecified atom stereocenters. The van der Waals surface area contributed by atoms with Gasteiger partial charge in [0.15, 0.2) is 9.84 Å². The standard InChI is InChI=1S/C13H17ClN2O3S/c1-16(2)12-4-3-10(14)7-11(12)15-13(17)9-5-6-20(18,19)8-9/h3-4,7,9H,5-6,8H2,1-2H3,(H,15,17). The number of anilines is 2. The molecule has 1 aliphatic rings. The lowest BCUT2D eigenvalue weighted by Crippen LogP contribution is -2.25. The molecule has 110 valence electrons. The second kappa shape index (κ2) is 5.61. The molecule has 0 aliphatic carbocycles. The van der Waals surface area contributed by atoms with Crippen molar-refractivity contribution in [1.29, 1.82) is 0 Å². The average Bonchev–Trinajstić information content (AvgIpc) is 2.69. The average molecular weight is 317 g/mol. The number of hydrogen-bond acceptors (Lipinski definition) is 4. The Balaban J connectivity index is 2.18. The Kier molecular flexibility index (Phi) is 4.25. The minimum absolute atomic E-state index is 0.0727. The van der Waals surface area contributed by atoms with Crippen LogP contribution in [0.1, 0.15) is 6.42 Å². The zero-order valence-electron chi connectivity index (χ0n) is 11.4. The minimum Gasteiger partial charge on any atom is -0.376 e. The van der Waals surface area contributed by atoms with Crippen molar-refractivity contribution in [3.8, 4) is 0 Å². The van der Waals surface area contributed by atoms with E-state index in [1.165, 1.54) is 0 Å². The normalized spacial score (nSPS) is 20.6. The monoisotopic (exact) mass is 316 g/mol. The molecule has 0 aromatic heterocycles. The summed E-state index contributed by atoms with van der Waals surface area (Å²) in [7, 11) is 0.655. The van der Waals surface area contributed by atoms with Gasteiger partial charge in [0.25, 0.3) is 0 Å². The molecule has 2 rings (SSSR count). The highest BCUT2D eigenvalue weighted by Gasteiger charge is 2.33. The van der Waals surface area contributed by atoms with Gasteiger partial charge in [-0.25, -0.2) is 8.42 Å². The van der Waals surface area contributed by atoms with Crippen LogP contribution >= 0.6 is 11.6 Å². The number of nitrogens with zero attached hydrogens (tertiary/aromatic N) is 1. The Hall–Kier alpha value is -1.27. The van der Waals surface area contributed by atoms with Crippen LogP contribution < -0.4 is 10.2 Å². The summed E-state index contributed by atoms with van der Waals surface area (Å²) >= 11 is 5.94. The summed E-state index contributed by atoms with van der Waals surface area (Å²) in [6.45, 7) is 0. The van der Waals surface area contributed by atoms with E-state index in [-0.39, 0.29) is 17.4 Å². The van der Waals surface area contributed by atoms with Crippen LogP contribution in [-0.2, 0) is 14.6 Å². The highest BCUT2D eigenvalue weighted by Crippen LogP contribution is 2.29. The first-order valence-electron chi connectivity index (χ1n) is 6.27. The molecule has 1 fully saturated rings. The maximum absolute atomic E-state index is 12.2. The molecule has 20 heavy (non-hydrogen) atoms. The van der Waals surface area contributed by atoms with Gasteiger partial charge in [-0.15, -0.1) is 0 Å². The quantitative estimate of drug-likeness (QED) is 0.923. The van der Waals surface area contributed by atoms with E-state index in [9.17, 15) is 13.2 Å². The third-order valence-corrected chi connectivity index (χ3v) is 5.30. The number of sulfone groups is 1. The van der Waals surface area contributed by atoms with E-state index in [0.29, 0.717) is 17.1 Å². The van der Waals surface area contributed by atoms with Crippen molar-refractivity contribution in [2.24, 2.45) is 5.92 Å². The number of carbonyl (C=O) groups excluding carboxylic acids is 1. The second-order valence-electron chi connectivity index (χ2n) is 5.15. The third kappa shape index (κ3) is 3.43. The van der Waals surface area contributed by atoms with Crippen LogP contribution in [0.25, 0.3) is 0 Å². The fourth-order valence-electron chi connectivity index (χ4n) is 2.23. The number of amides is 1. The Labute approximate surface area is 123 Å². The fraction of sp³-hybridized carbons (Fsp3) is 0.462. The van der Waals surface area contributed by atoms with E-state index in [1.54, 1.807) is 12.1 Å². The van der Waals surface area contributed by atoms with Crippen LogP contribution in [0.3, 0.4) is 0 Å². The molecular formula is C13H17ClN2O3S. The summed E-state index contributed by atoms with van der Waals surface area (Å²) in [5, 5.41) is 3.30. The van der Waals surface area contributed by atoms with Crippen molar-refractivity contribution in [2.45, 2.75) is 6.42 Å². The number of nitrogens with one attached hydrogen (secondary N) is 1. The molecule has 1 aromatic carbocycles. The molecule has 1 heterocycles. The first kappa shape index (κ1) is 15.1. The van der Waals surface area contributed by atoms with Crippen molar-refractivity contribution in [3.63, 3.8) is 0 Å². The Morgan fingerprint density at radius 3 is 2.65 bits per heavy atom. The van der Waals surface area contributed by atoms with Crippen LogP contribution in [0.2, 0.25) is 5.02 Å². The molecule has 1 atom stereocenters. The van der Waals surface area contributed by atoms with Gasteiger partial charge in [0.1, 0.15) is 0 Å². The molecule has 0 radical (unpaired) electrons. The molecular weight excluding hydrogens is 300 g/mol. The van der Waals surface area contributed by atoms with Gasteiger partial charge in [-0.05, 0) is 24.6 Å². The van der Waals surface area contributed by atoms with E-state index >= 15 is 0 Å². The summed E-state index contributed by atoms with van der Waals surface area (Å²) in [5.41, 5.74) is 1.42. The molecule has 1 amide bonds. The van der Waals surface area contributed by atoms with Crippen molar-refractivity contribution in [1.82, 2.24) is 0 Å². The summed E-state index contributed by atoms with van der Waals surface area (Å²) in [6.07, 6.45) is 0.381. The molecule has 0 bridgehead atoms. The van der Waals surface area contributed by atoms with Gasteiger partial charge in [-0.1, -0.05) is 11.6 Å². The zero-order chi connectivity index (χ0) is 14.9. The van der Waals surface area contributed by atoms with Crippen LogP contribution in [-0.4, -0.2) is 39.9 Å². The lowest BCUT2D eigenvalue weighted by Gasteiger charge is -2.19. The third-order valence-electron chi connectivity index (χ3n) is 3.30. The van der Waals surface area contributed by atoms with Gasteiger partial charge in [-0.3, -0.25) is 4.79 Å². The second-order valence-corrected chi connectivity index (χ2v) is 7.81. The van der Waals surface area contributed by atoms with E-state index in [1.807, 2.05) is 25.1 Å². The lowest BCUT2D eigenvalue weighted by atomic mass is 10.1. The summed E-state index contributed by atoms with van der Waals surface area (Å²) in [6, 6.07) is 5.22. The number of halogens is 1. The number of hydrogen-bond donors (Lipinski definition) is 1. The fourth-order valence-corrected chi connectivity index (χ4v) is 4.15. The van der Waals surface area contributed by atoms with Gasteiger partial charge in [-0.2, -0.15) is 0 Å². The van der Waals surface area contributed by atoms with E-state index < -0.39 is 15.8 Å². The maximum atomic E-state index is 12.2. The Morgan fingerprint density at radius 1 is 1.40 bits per heavy atom. The van der Waals surface area contributed by atoms with Crippen LogP contribution in [0.15, 0.2) is 18.2 Å². The number of rotatable bonds is 3. The number of benzene rings is 1. The molecule has 1 saturated heterocycles. The van der Waals surface area contributed by atoms with E-state index in [2.05, 4.69) is 5.32 Å². The van der Waals surface area contributed by atoms with Crippen LogP contribution in [0, 0.1) is 5.92 Å². The van der Waals surface area contributed by atoms with Crippen molar-refractivity contribution in [2.75, 3.05) is 35.8 Å². The molecule has 1 N–H and O–H groups in total. The molecule has 0 spiro atoms. The Bertz CT molecular complexity index is 629. The maximum Gasteiger partial charge on any atom is 0.228 e. The minimum atomic E-state index is -3.06. The number of carbonyl (C=O) groups is 1. The van der Waals surface area contributed by atoms with Gasteiger partial charge in [0.2, 0.25) is 5.91 Å².